The molecule has 0 atom stereocenters. The molecule has 0 fully saturated rings. The zero-order valence-electron chi connectivity index (χ0n) is 10.3. The SMILES string of the molecule is NC(=O)c1ccc(-c2ccccc2)c(OCCBr)c1. The molecule has 2 aromatic carbocycles. The minimum atomic E-state index is -0.455. The number of alkyl halides is 1. The number of carbonyl (C=O) groups excluding carboxylic acids is 1. The van der Waals surface area contributed by atoms with Gasteiger partial charge < -0.3 is 10.5 Å². The Morgan fingerprint density at radius 1 is 1.16 bits per heavy atom. The summed E-state index contributed by atoms with van der Waals surface area (Å²) in [5.74, 6) is 0.213. The molecular formula is C15H14BrNO2. The Kier molecular flexibility index (Phi) is 4.58. The molecule has 0 saturated heterocycles. The number of ether oxygens (including phenoxy) is 1. The van der Waals surface area contributed by atoms with E-state index in [0.29, 0.717) is 17.9 Å². The summed E-state index contributed by atoms with van der Waals surface area (Å²) in [5, 5.41) is 0.724. The van der Waals surface area contributed by atoms with Crippen molar-refractivity contribution in [2.75, 3.05) is 11.9 Å². The van der Waals surface area contributed by atoms with Gasteiger partial charge in [-0.2, -0.15) is 0 Å². The molecule has 3 nitrogen and oxygen atoms in total. The molecule has 0 unspecified atom stereocenters. The van der Waals surface area contributed by atoms with Gasteiger partial charge in [-0.1, -0.05) is 46.3 Å². The molecule has 0 bridgehead atoms. The van der Waals surface area contributed by atoms with Crippen molar-refractivity contribution in [1.29, 1.82) is 0 Å². The van der Waals surface area contributed by atoms with Gasteiger partial charge in [-0.05, 0) is 23.8 Å². The lowest BCUT2D eigenvalue weighted by Gasteiger charge is -2.12. The van der Waals surface area contributed by atoms with Gasteiger partial charge in [0.15, 0.2) is 0 Å². The Labute approximate surface area is 120 Å². The normalized spacial score (nSPS) is 10.2. The van der Waals surface area contributed by atoms with Gasteiger partial charge in [0, 0.05) is 16.5 Å². The van der Waals surface area contributed by atoms with Crippen LogP contribution in [0.5, 0.6) is 5.75 Å². The summed E-state index contributed by atoms with van der Waals surface area (Å²) in [6.45, 7) is 0.530. The van der Waals surface area contributed by atoms with Gasteiger partial charge in [0.05, 0.1) is 6.61 Å². The van der Waals surface area contributed by atoms with Crippen molar-refractivity contribution in [2.24, 2.45) is 5.73 Å². The van der Waals surface area contributed by atoms with E-state index >= 15 is 0 Å². The summed E-state index contributed by atoms with van der Waals surface area (Å²) in [6.07, 6.45) is 0. The lowest BCUT2D eigenvalue weighted by atomic mass is 10.0. The maximum Gasteiger partial charge on any atom is 0.248 e. The first-order valence-corrected chi connectivity index (χ1v) is 7.02. The Balaban J connectivity index is 2.44. The molecule has 19 heavy (non-hydrogen) atoms. The van der Waals surface area contributed by atoms with Crippen molar-refractivity contribution in [3.05, 3.63) is 54.1 Å². The van der Waals surface area contributed by atoms with E-state index in [4.69, 9.17) is 10.5 Å². The number of halogens is 1. The van der Waals surface area contributed by atoms with Gasteiger partial charge in [-0.15, -0.1) is 0 Å². The number of benzene rings is 2. The largest absolute Gasteiger partial charge is 0.492 e. The second-order valence-electron chi connectivity index (χ2n) is 3.98. The van der Waals surface area contributed by atoms with Crippen molar-refractivity contribution in [3.63, 3.8) is 0 Å². The smallest absolute Gasteiger partial charge is 0.248 e. The third-order valence-corrected chi connectivity index (χ3v) is 3.01. The first-order chi connectivity index (χ1) is 9.22. The van der Waals surface area contributed by atoms with E-state index in [1.165, 1.54) is 0 Å². The van der Waals surface area contributed by atoms with Crippen LogP contribution in [0.4, 0.5) is 0 Å². The van der Waals surface area contributed by atoms with E-state index in [0.717, 1.165) is 16.5 Å². The summed E-state index contributed by atoms with van der Waals surface area (Å²) in [7, 11) is 0. The summed E-state index contributed by atoms with van der Waals surface area (Å²) in [5.41, 5.74) is 7.74. The minimum absolute atomic E-state index is 0.448. The molecule has 0 saturated carbocycles. The van der Waals surface area contributed by atoms with Crippen LogP contribution in [0.15, 0.2) is 48.5 Å². The van der Waals surface area contributed by atoms with Gasteiger partial charge >= 0.3 is 0 Å². The molecule has 0 aliphatic rings. The molecule has 0 aliphatic heterocycles. The van der Waals surface area contributed by atoms with Crippen LogP contribution in [0.2, 0.25) is 0 Å². The maximum absolute atomic E-state index is 11.2. The molecule has 2 rings (SSSR count). The zero-order chi connectivity index (χ0) is 13.7. The van der Waals surface area contributed by atoms with Gasteiger partial charge in [0.2, 0.25) is 5.91 Å². The molecule has 0 spiro atoms. The predicted octanol–water partition coefficient (Wildman–Crippen LogP) is 3.23. The van der Waals surface area contributed by atoms with Crippen molar-refractivity contribution in [2.45, 2.75) is 0 Å². The fourth-order valence-electron chi connectivity index (χ4n) is 1.80. The van der Waals surface area contributed by atoms with Crippen LogP contribution in [-0.4, -0.2) is 17.8 Å². The number of primary amides is 1. The van der Waals surface area contributed by atoms with E-state index in [-0.39, 0.29) is 0 Å². The van der Waals surface area contributed by atoms with Crippen molar-refractivity contribution < 1.29 is 9.53 Å². The van der Waals surface area contributed by atoms with Gasteiger partial charge in [-0.25, -0.2) is 0 Å². The highest BCUT2D eigenvalue weighted by molar-refractivity contribution is 9.09. The van der Waals surface area contributed by atoms with Crippen LogP contribution in [0.3, 0.4) is 0 Å². The number of nitrogens with two attached hydrogens (primary N) is 1. The Morgan fingerprint density at radius 2 is 1.89 bits per heavy atom. The molecule has 0 aromatic heterocycles. The summed E-state index contributed by atoms with van der Waals surface area (Å²) in [4.78, 5) is 11.2. The Hall–Kier alpha value is -1.81. The van der Waals surface area contributed by atoms with Crippen LogP contribution in [0, 0.1) is 0 Å². The summed E-state index contributed by atoms with van der Waals surface area (Å²) in [6, 6.07) is 15.1. The van der Waals surface area contributed by atoms with E-state index in [2.05, 4.69) is 15.9 Å². The standard InChI is InChI=1S/C15H14BrNO2/c16-8-9-19-14-10-12(15(17)18)6-7-13(14)11-4-2-1-3-5-11/h1-7,10H,8-9H2,(H2,17,18). The van der Waals surface area contributed by atoms with Crippen molar-refractivity contribution >= 4 is 21.8 Å². The fourth-order valence-corrected chi connectivity index (χ4v) is 1.96. The monoisotopic (exact) mass is 319 g/mol. The van der Waals surface area contributed by atoms with Gasteiger partial charge in [0.1, 0.15) is 5.75 Å². The van der Waals surface area contributed by atoms with E-state index < -0.39 is 5.91 Å². The van der Waals surface area contributed by atoms with E-state index in [1.807, 2.05) is 36.4 Å². The van der Waals surface area contributed by atoms with Crippen LogP contribution in [0.1, 0.15) is 10.4 Å². The first kappa shape index (κ1) is 13.6. The van der Waals surface area contributed by atoms with Gasteiger partial charge in [0.25, 0.3) is 0 Å². The highest BCUT2D eigenvalue weighted by atomic mass is 79.9. The third-order valence-electron chi connectivity index (χ3n) is 2.69. The second kappa shape index (κ2) is 6.38. The van der Waals surface area contributed by atoms with Crippen LogP contribution in [0.25, 0.3) is 11.1 Å². The van der Waals surface area contributed by atoms with E-state index in [9.17, 15) is 4.79 Å². The lowest BCUT2D eigenvalue weighted by molar-refractivity contribution is 0.1000. The molecule has 0 radical (unpaired) electrons. The second-order valence-corrected chi connectivity index (χ2v) is 4.77. The highest BCUT2D eigenvalue weighted by Crippen LogP contribution is 2.31. The van der Waals surface area contributed by atoms with Gasteiger partial charge in [-0.3, -0.25) is 4.79 Å². The number of hydrogen-bond donors (Lipinski definition) is 1. The first-order valence-electron chi connectivity index (χ1n) is 5.90. The number of carbonyl (C=O) groups is 1. The molecule has 98 valence electrons. The quantitative estimate of drug-likeness (QED) is 0.860. The van der Waals surface area contributed by atoms with E-state index in [1.54, 1.807) is 12.1 Å². The van der Waals surface area contributed by atoms with Crippen molar-refractivity contribution in [3.8, 4) is 16.9 Å². The Bertz CT molecular complexity index is 570. The number of rotatable bonds is 5. The van der Waals surface area contributed by atoms with Crippen LogP contribution >= 0.6 is 15.9 Å². The lowest BCUT2D eigenvalue weighted by Crippen LogP contribution is -2.11. The summed E-state index contributed by atoms with van der Waals surface area (Å²) < 4.78 is 5.68. The number of amides is 1. The fraction of sp³-hybridized carbons (Fsp3) is 0.133. The molecule has 0 heterocycles. The average Bonchev–Trinajstić information content (AvgIpc) is 2.45. The Morgan fingerprint density at radius 3 is 2.53 bits per heavy atom. The number of hydrogen-bond acceptors (Lipinski definition) is 2. The molecule has 1 amide bonds. The van der Waals surface area contributed by atoms with Crippen LogP contribution in [-0.2, 0) is 0 Å². The molecule has 2 aromatic rings. The average molecular weight is 320 g/mol. The predicted molar refractivity (Wildman–Crippen MR) is 79.7 cm³/mol. The highest BCUT2D eigenvalue weighted by Gasteiger charge is 2.10. The maximum atomic E-state index is 11.2. The van der Waals surface area contributed by atoms with Crippen LogP contribution < -0.4 is 10.5 Å². The molecule has 4 heteroatoms. The molecule has 2 N–H and O–H groups in total. The molecule has 0 aliphatic carbocycles. The topological polar surface area (TPSA) is 52.3 Å². The zero-order valence-corrected chi connectivity index (χ0v) is 11.9. The minimum Gasteiger partial charge on any atom is -0.492 e. The third kappa shape index (κ3) is 3.35. The molecular weight excluding hydrogens is 306 g/mol. The summed E-state index contributed by atoms with van der Waals surface area (Å²) >= 11 is 3.32. The van der Waals surface area contributed by atoms with Crippen molar-refractivity contribution in [1.82, 2.24) is 0 Å².